The highest BCUT2D eigenvalue weighted by atomic mass is 127. The first-order valence-corrected chi connectivity index (χ1v) is 11.9. The van der Waals surface area contributed by atoms with E-state index in [2.05, 4.69) is 28.6 Å². The van der Waals surface area contributed by atoms with Gasteiger partial charge in [0.05, 0.1) is 6.54 Å². The molecule has 1 N–H and O–H groups in total. The van der Waals surface area contributed by atoms with Crippen LogP contribution >= 0.6 is 35.3 Å². The number of aliphatic imine (C=N–C) groups is 1. The van der Waals surface area contributed by atoms with Gasteiger partial charge in [0.25, 0.3) is 0 Å². The Morgan fingerprint density at radius 1 is 1.21 bits per heavy atom. The van der Waals surface area contributed by atoms with Gasteiger partial charge >= 0.3 is 0 Å². The lowest BCUT2D eigenvalue weighted by molar-refractivity contribution is -0.131. The number of guanidine groups is 1. The van der Waals surface area contributed by atoms with Crippen LogP contribution < -0.4 is 5.32 Å². The van der Waals surface area contributed by atoms with Crippen LogP contribution in [0.25, 0.3) is 0 Å². The Labute approximate surface area is 196 Å². The predicted molar refractivity (Wildman–Crippen MR) is 131 cm³/mol. The van der Waals surface area contributed by atoms with Crippen molar-refractivity contribution in [3.05, 3.63) is 21.9 Å². The SMILES string of the molecule is CCNC(=NCCC(=O)N1CCc2sccc2C1)N1CCC2(CCCCC2)C1.I. The minimum atomic E-state index is 0. The van der Waals surface area contributed by atoms with E-state index in [0.717, 1.165) is 45.1 Å². The number of hydrogen-bond acceptors (Lipinski definition) is 3. The van der Waals surface area contributed by atoms with Crippen LogP contribution in [0.5, 0.6) is 0 Å². The highest BCUT2D eigenvalue weighted by Gasteiger charge is 2.39. The van der Waals surface area contributed by atoms with Crippen molar-refractivity contribution in [3.8, 4) is 0 Å². The summed E-state index contributed by atoms with van der Waals surface area (Å²) in [5, 5.41) is 5.60. The Balaban J connectivity index is 0.00000240. The topological polar surface area (TPSA) is 47.9 Å². The van der Waals surface area contributed by atoms with E-state index in [1.165, 1.54) is 49.0 Å². The third kappa shape index (κ3) is 5.46. The molecule has 1 saturated heterocycles. The molecule has 1 saturated carbocycles. The van der Waals surface area contributed by atoms with Crippen LogP contribution in [0, 0.1) is 5.41 Å². The Morgan fingerprint density at radius 2 is 2.03 bits per heavy atom. The fraction of sp³-hybridized carbons (Fsp3) is 0.727. The van der Waals surface area contributed by atoms with Crippen LogP contribution in [-0.2, 0) is 17.8 Å². The summed E-state index contributed by atoms with van der Waals surface area (Å²) in [6.45, 7) is 7.45. The average molecular weight is 531 g/mol. The number of rotatable bonds is 4. The largest absolute Gasteiger partial charge is 0.357 e. The van der Waals surface area contributed by atoms with Crippen molar-refractivity contribution in [2.24, 2.45) is 10.4 Å². The number of likely N-dealkylation sites (tertiary alicyclic amines) is 1. The van der Waals surface area contributed by atoms with Crippen LogP contribution in [-0.4, -0.2) is 54.4 Å². The number of fused-ring (bicyclic) bond motifs is 1. The minimum absolute atomic E-state index is 0. The zero-order valence-electron chi connectivity index (χ0n) is 17.6. The van der Waals surface area contributed by atoms with Crippen molar-refractivity contribution in [1.82, 2.24) is 15.1 Å². The number of carbonyl (C=O) groups excluding carboxylic acids is 1. The van der Waals surface area contributed by atoms with Gasteiger partial charge in [-0.15, -0.1) is 35.3 Å². The van der Waals surface area contributed by atoms with Crippen LogP contribution in [0.1, 0.15) is 62.3 Å². The number of nitrogens with one attached hydrogen (secondary N) is 1. The number of thiophene rings is 1. The number of nitrogens with zero attached hydrogens (tertiary/aromatic N) is 3. The fourth-order valence-electron chi connectivity index (χ4n) is 5.13. The molecular formula is C22H35IN4OS. The number of amides is 1. The van der Waals surface area contributed by atoms with E-state index in [4.69, 9.17) is 4.99 Å². The molecule has 0 unspecified atom stereocenters. The molecule has 3 heterocycles. The van der Waals surface area contributed by atoms with Gasteiger partial charge in [0.2, 0.25) is 5.91 Å². The molecule has 1 spiro atoms. The first-order valence-electron chi connectivity index (χ1n) is 11.1. The second-order valence-electron chi connectivity index (χ2n) is 8.65. The predicted octanol–water partition coefficient (Wildman–Crippen LogP) is 4.26. The molecule has 4 rings (SSSR count). The number of halogens is 1. The van der Waals surface area contributed by atoms with Crippen molar-refractivity contribution < 1.29 is 4.79 Å². The molecule has 5 nitrogen and oxygen atoms in total. The quantitative estimate of drug-likeness (QED) is 0.360. The first kappa shape index (κ1) is 22.8. The van der Waals surface area contributed by atoms with Crippen molar-refractivity contribution in [2.45, 2.75) is 64.8 Å². The maximum Gasteiger partial charge on any atom is 0.224 e. The van der Waals surface area contributed by atoms with Gasteiger partial charge < -0.3 is 15.1 Å². The van der Waals surface area contributed by atoms with Gasteiger partial charge in [-0.2, -0.15) is 0 Å². The van der Waals surface area contributed by atoms with E-state index >= 15 is 0 Å². The summed E-state index contributed by atoms with van der Waals surface area (Å²) in [5.74, 6) is 1.25. The standard InChI is InChI=1S/C22H34N4OS.HI/c1-2-23-21(26-14-11-22(17-26)9-4-3-5-10-22)24-12-6-20(27)25-13-7-19-18(16-25)8-15-28-19;/h8,15H,2-7,9-14,16-17H2,1H3,(H,23,24);1H. The monoisotopic (exact) mass is 530 g/mol. The van der Waals surface area contributed by atoms with Gasteiger partial charge in [-0.25, -0.2) is 0 Å². The highest BCUT2D eigenvalue weighted by Crippen LogP contribution is 2.43. The molecule has 1 aliphatic carbocycles. The van der Waals surface area contributed by atoms with Gasteiger partial charge in [-0.1, -0.05) is 19.3 Å². The van der Waals surface area contributed by atoms with Crippen molar-refractivity contribution >= 4 is 47.2 Å². The second kappa shape index (κ2) is 10.5. The molecule has 1 amide bonds. The molecule has 0 radical (unpaired) electrons. The van der Waals surface area contributed by atoms with Crippen molar-refractivity contribution in [1.29, 1.82) is 0 Å². The van der Waals surface area contributed by atoms with Crippen molar-refractivity contribution in [3.63, 3.8) is 0 Å². The van der Waals surface area contributed by atoms with E-state index in [1.54, 1.807) is 0 Å². The summed E-state index contributed by atoms with van der Waals surface area (Å²) in [5.41, 5.74) is 1.85. The molecule has 2 aliphatic heterocycles. The third-order valence-corrected chi connectivity index (χ3v) is 7.76. The normalized spacial score (nSPS) is 21.1. The molecule has 7 heteroatoms. The maximum atomic E-state index is 12.7. The molecule has 0 atom stereocenters. The lowest BCUT2D eigenvalue weighted by atomic mass is 9.73. The van der Waals surface area contributed by atoms with Crippen molar-refractivity contribution in [2.75, 3.05) is 32.7 Å². The summed E-state index contributed by atoms with van der Waals surface area (Å²) >= 11 is 1.82. The zero-order valence-corrected chi connectivity index (χ0v) is 20.8. The van der Waals surface area contributed by atoms with Gasteiger partial charge in [0.1, 0.15) is 0 Å². The lowest BCUT2D eigenvalue weighted by Gasteiger charge is -2.33. The number of hydrogen-bond donors (Lipinski definition) is 1. The van der Waals surface area contributed by atoms with E-state index in [1.807, 2.05) is 16.2 Å². The Morgan fingerprint density at radius 3 is 2.83 bits per heavy atom. The van der Waals surface area contributed by atoms with Gasteiger partial charge in [-0.3, -0.25) is 9.79 Å². The van der Waals surface area contributed by atoms with Gasteiger partial charge in [0.15, 0.2) is 5.96 Å². The molecule has 29 heavy (non-hydrogen) atoms. The Bertz CT molecular complexity index is 713. The molecular weight excluding hydrogens is 495 g/mol. The van der Waals surface area contributed by atoms with E-state index in [0.29, 0.717) is 18.4 Å². The first-order chi connectivity index (χ1) is 13.7. The van der Waals surface area contributed by atoms with Crippen LogP contribution in [0.3, 0.4) is 0 Å². The maximum absolute atomic E-state index is 12.7. The second-order valence-corrected chi connectivity index (χ2v) is 9.65. The number of carbonyl (C=O) groups is 1. The molecule has 0 bridgehead atoms. The summed E-state index contributed by atoms with van der Waals surface area (Å²) in [6.07, 6.45) is 9.74. The average Bonchev–Trinajstić information content (AvgIpc) is 3.34. The molecule has 2 fully saturated rings. The van der Waals surface area contributed by atoms with Crippen LogP contribution in [0.4, 0.5) is 0 Å². The fourth-order valence-corrected chi connectivity index (χ4v) is 6.02. The zero-order chi connectivity index (χ0) is 19.4. The summed E-state index contributed by atoms with van der Waals surface area (Å²) in [6, 6.07) is 2.16. The Hall–Kier alpha value is -0.830. The lowest BCUT2D eigenvalue weighted by Crippen LogP contribution is -2.42. The third-order valence-electron chi connectivity index (χ3n) is 6.73. The molecule has 1 aromatic rings. The van der Waals surface area contributed by atoms with E-state index in [9.17, 15) is 4.79 Å². The highest BCUT2D eigenvalue weighted by molar-refractivity contribution is 14.0. The van der Waals surface area contributed by atoms with Crippen LogP contribution in [0.15, 0.2) is 16.4 Å². The summed E-state index contributed by atoms with van der Waals surface area (Å²) < 4.78 is 0. The molecule has 0 aromatic carbocycles. The summed E-state index contributed by atoms with van der Waals surface area (Å²) in [4.78, 5) is 23.4. The van der Waals surface area contributed by atoms with Crippen LogP contribution in [0.2, 0.25) is 0 Å². The minimum Gasteiger partial charge on any atom is -0.357 e. The van der Waals surface area contributed by atoms with Gasteiger partial charge in [-0.05, 0) is 55.0 Å². The molecule has 162 valence electrons. The van der Waals surface area contributed by atoms with E-state index in [-0.39, 0.29) is 29.9 Å². The Kier molecular flexibility index (Phi) is 8.24. The molecule has 3 aliphatic rings. The van der Waals surface area contributed by atoms with Gasteiger partial charge in [0, 0.05) is 44.0 Å². The van der Waals surface area contributed by atoms with E-state index < -0.39 is 0 Å². The smallest absolute Gasteiger partial charge is 0.224 e. The summed E-state index contributed by atoms with van der Waals surface area (Å²) in [7, 11) is 0. The molecule has 1 aromatic heterocycles.